The highest BCUT2D eigenvalue weighted by molar-refractivity contribution is 7.21. The molecule has 2 aromatic carbocycles. The maximum atomic E-state index is 5.68. The molecule has 3 aromatic rings. The predicted octanol–water partition coefficient (Wildman–Crippen LogP) is 3.43. The molecule has 0 bridgehead atoms. The molecular weight excluding hydrogens is 256 g/mol. The Morgan fingerprint density at radius 1 is 1.21 bits per heavy atom. The largest absolute Gasteiger partial charge is 0.497 e. The van der Waals surface area contributed by atoms with E-state index in [2.05, 4.69) is 17.1 Å². The highest BCUT2D eigenvalue weighted by atomic mass is 32.1. The smallest absolute Gasteiger partial charge is 0.124 e. The van der Waals surface area contributed by atoms with Crippen molar-refractivity contribution in [1.29, 1.82) is 0 Å². The van der Waals surface area contributed by atoms with Crippen LogP contribution in [0.1, 0.15) is 5.56 Å². The van der Waals surface area contributed by atoms with E-state index in [1.807, 2.05) is 30.3 Å². The van der Waals surface area contributed by atoms with Crippen LogP contribution < -0.4 is 10.5 Å². The molecule has 4 heteroatoms. The number of benzene rings is 2. The lowest BCUT2D eigenvalue weighted by Crippen LogP contribution is -1.95. The third kappa shape index (κ3) is 2.32. The lowest BCUT2D eigenvalue weighted by molar-refractivity contribution is 0.415. The molecule has 0 spiro atoms. The number of nitrogens with two attached hydrogens (primary N) is 1. The molecule has 3 rings (SSSR count). The summed E-state index contributed by atoms with van der Waals surface area (Å²) >= 11 is 1.67. The second-order valence-electron chi connectivity index (χ2n) is 4.26. The average molecular weight is 270 g/mol. The Balaban J connectivity index is 2.09. The van der Waals surface area contributed by atoms with Gasteiger partial charge in [-0.05, 0) is 29.8 Å². The van der Waals surface area contributed by atoms with Crippen LogP contribution in [0.25, 0.3) is 20.8 Å². The maximum absolute atomic E-state index is 5.68. The summed E-state index contributed by atoms with van der Waals surface area (Å²) in [5, 5.41) is 1.01. The van der Waals surface area contributed by atoms with Gasteiger partial charge in [0.15, 0.2) is 0 Å². The summed E-state index contributed by atoms with van der Waals surface area (Å²) < 4.78 is 6.37. The second kappa shape index (κ2) is 4.99. The molecule has 0 saturated heterocycles. The molecule has 3 nitrogen and oxygen atoms in total. The van der Waals surface area contributed by atoms with Gasteiger partial charge in [-0.25, -0.2) is 4.98 Å². The summed E-state index contributed by atoms with van der Waals surface area (Å²) in [4.78, 5) is 4.66. The molecule has 0 radical (unpaired) electrons. The highest BCUT2D eigenvalue weighted by Gasteiger charge is 2.07. The Labute approximate surface area is 115 Å². The van der Waals surface area contributed by atoms with Gasteiger partial charge in [0.05, 0.1) is 17.3 Å². The number of hydrogen-bond donors (Lipinski definition) is 1. The van der Waals surface area contributed by atoms with Crippen molar-refractivity contribution in [2.24, 2.45) is 5.73 Å². The summed E-state index contributed by atoms with van der Waals surface area (Å²) in [6, 6.07) is 14.1. The van der Waals surface area contributed by atoms with E-state index >= 15 is 0 Å². The molecule has 2 N–H and O–H groups in total. The van der Waals surface area contributed by atoms with Gasteiger partial charge in [0.1, 0.15) is 10.8 Å². The van der Waals surface area contributed by atoms with Crippen molar-refractivity contribution in [3.63, 3.8) is 0 Å². The van der Waals surface area contributed by atoms with E-state index in [0.717, 1.165) is 32.1 Å². The lowest BCUT2D eigenvalue weighted by atomic mass is 10.1. The molecule has 0 saturated carbocycles. The van der Waals surface area contributed by atoms with Crippen LogP contribution in [0.2, 0.25) is 0 Å². The molecule has 0 fully saturated rings. The molecule has 0 aliphatic carbocycles. The van der Waals surface area contributed by atoms with Gasteiger partial charge in [-0.1, -0.05) is 18.2 Å². The van der Waals surface area contributed by atoms with Crippen LogP contribution in [0.15, 0.2) is 42.5 Å². The number of fused-ring (bicyclic) bond motifs is 1. The van der Waals surface area contributed by atoms with Crippen LogP contribution in [0, 0.1) is 0 Å². The van der Waals surface area contributed by atoms with Gasteiger partial charge >= 0.3 is 0 Å². The normalized spacial score (nSPS) is 10.8. The summed E-state index contributed by atoms with van der Waals surface area (Å²) in [5.74, 6) is 0.860. The van der Waals surface area contributed by atoms with Crippen LogP contribution >= 0.6 is 11.3 Å². The Morgan fingerprint density at radius 2 is 2.11 bits per heavy atom. The zero-order valence-corrected chi connectivity index (χ0v) is 11.4. The molecule has 0 aliphatic rings. The van der Waals surface area contributed by atoms with E-state index in [9.17, 15) is 0 Å². The van der Waals surface area contributed by atoms with Crippen molar-refractivity contribution in [3.05, 3.63) is 48.0 Å². The molecule has 0 amide bonds. The highest BCUT2D eigenvalue weighted by Crippen LogP contribution is 2.32. The molecule has 1 aromatic heterocycles. The van der Waals surface area contributed by atoms with E-state index in [1.165, 1.54) is 0 Å². The zero-order valence-electron chi connectivity index (χ0n) is 10.6. The first-order valence-electron chi connectivity index (χ1n) is 6.04. The fraction of sp³-hybridized carbons (Fsp3) is 0.133. The summed E-state index contributed by atoms with van der Waals surface area (Å²) in [6.45, 7) is 0.548. The number of ether oxygens (including phenoxy) is 1. The van der Waals surface area contributed by atoms with Gasteiger partial charge < -0.3 is 10.5 Å². The van der Waals surface area contributed by atoms with Crippen molar-refractivity contribution in [1.82, 2.24) is 4.98 Å². The maximum Gasteiger partial charge on any atom is 0.124 e. The Kier molecular flexibility index (Phi) is 3.19. The fourth-order valence-corrected chi connectivity index (χ4v) is 2.98. The van der Waals surface area contributed by atoms with Gasteiger partial charge in [-0.15, -0.1) is 11.3 Å². The third-order valence-corrected chi connectivity index (χ3v) is 4.07. The fourth-order valence-electron chi connectivity index (χ4n) is 1.99. The predicted molar refractivity (Wildman–Crippen MR) is 79.5 cm³/mol. The molecule has 96 valence electrons. The van der Waals surface area contributed by atoms with E-state index in [1.54, 1.807) is 18.4 Å². The molecule has 1 heterocycles. The van der Waals surface area contributed by atoms with Crippen LogP contribution in [0.3, 0.4) is 0 Å². The van der Waals surface area contributed by atoms with Crippen molar-refractivity contribution >= 4 is 21.6 Å². The van der Waals surface area contributed by atoms with E-state index in [4.69, 9.17) is 10.5 Å². The standard InChI is InChI=1S/C15H14N2OS/c1-18-12-5-6-13-14(8-12)19-15(17-13)11-4-2-3-10(7-11)9-16/h2-8H,9,16H2,1H3. The van der Waals surface area contributed by atoms with E-state index < -0.39 is 0 Å². The molecular formula is C15H14N2OS. The number of nitrogens with zero attached hydrogens (tertiary/aromatic N) is 1. The third-order valence-electron chi connectivity index (χ3n) is 3.01. The first-order valence-corrected chi connectivity index (χ1v) is 6.86. The molecule has 19 heavy (non-hydrogen) atoms. The van der Waals surface area contributed by atoms with Crippen LogP contribution in [-0.4, -0.2) is 12.1 Å². The number of rotatable bonds is 3. The number of thiazole rings is 1. The lowest BCUT2D eigenvalue weighted by Gasteiger charge is -1.99. The van der Waals surface area contributed by atoms with Crippen LogP contribution in [-0.2, 0) is 6.54 Å². The number of methoxy groups -OCH3 is 1. The SMILES string of the molecule is COc1ccc2nc(-c3cccc(CN)c3)sc2c1. The van der Waals surface area contributed by atoms with Gasteiger partial charge in [0.2, 0.25) is 0 Å². The zero-order chi connectivity index (χ0) is 13.2. The van der Waals surface area contributed by atoms with Crippen molar-refractivity contribution in [2.75, 3.05) is 7.11 Å². The minimum absolute atomic E-state index is 0.548. The molecule has 0 atom stereocenters. The van der Waals surface area contributed by atoms with Gasteiger partial charge in [0.25, 0.3) is 0 Å². The summed E-state index contributed by atoms with van der Waals surface area (Å²) in [6.07, 6.45) is 0. The van der Waals surface area contributed by atoms with Gasteiger partial charge in [-0.3, -0.25) is 0 Å². The van der Waals surface area contributed by atoms with E-state index in [-0.39, 0.29) is 0 Å². The van der Waals surface area contributed by atoms with E-state index in [0.29, 0.717) is 6.54 Å². The van der Waals surface area contributed by atoms with Crippen molar-refractivity contribution < 1.29 is 4.74 Å². The minimum atomic E-state index is 0.548. The van der Waals surface area contributed by atoms with Gasteiger partial charge in [0, 0.05) is 12.1 Å². The quantitative estimate of drug-likeness (QED) is 0.793. The topological polar surface area (TPSA) is 48.1 Å². The monoisotopic (exact) mass is 270 g/mol. The van der Waals surface area contributed by atoms with Gasteiger partial charge in [-0.2, -0.15) is 0 Å². The van der Waals surface area contributed by atoms with Crippen LogP contribution in [0.4, 0.5) is 0 Å². The first-order chi connectivity index (χ1) is 9.30. The van der Waals surface area contributed by atoms with Crippen molar-refractivity contribution in [3.8, 4) is 16.3 Å². The second-order valence-corrected chi connectivity index (χ2v) is 5.29. The summed E-state index contributed by atoms with van der Waals surface area (Å²) in [7, 11) is 1.67. The van der Waals surface area contributed by atoms with Crippen LogP contribution in [0.5, 0.6) is 5.75 Å². The Morgan fingerprint density at radius 3 is 2.89 bits per heavy atom. The first kappa shape index (κ1) is 12.1. The number of hydrogen-bond acceptors (Lipinski definition) is 4. The molecule has 0 aliphatic heterocycles. The molecule has 0 unspecified atom stereocenters. The number of aromatic nitrogens is 1. The summed E-state index contributed by atoms with van der Waals surface area (Å²) in [5.41, 5.74) is 8.91. The average Bonchev–Trinajstić information content (AvgIpc) is 2.90. The minimum Gasteiger partial charge on any atom is -0.497 e. The Hall–Kier alpha value is -1.91. The van der Waals surface area contributed by atoms with Crippen molar-refractivity contribution in [2.45, 2.75) is 6.54 Å². The Bertz CT molecular complexity index is 721.